The van der Waals surface area contributed by atoms with E-state index in [4.69, 9.17) is 4.74 Å². The van der Waals surface area contributed by atoms with Gasteiger partial charge < -0.3 is 9.64 Å². The van der Waals surface area contributed by atoms with Gasteiger partial charge in [-0.15, -0.1) is 0 Å². The van der Waals surface area contributed by atoms with Crippen LogP contribution in [0.4, 0.5) is 26.3 Å². The fourth-order valence-electron chi connectivity index (χ4n) is 1.85. The van der Waals surface area contributed by atoms with Crippen molar-refractivity contribution in [3.8, 4) is 0 Å². The smallest absolute Gasteiger partial charge is 0.371 e. The first-order valence-corrected chi connectivity index (χ1v) is 6.22. The largest absolute Gasteiger partial charge is 0.389 e. The van der Waals surface area contributed by atoms with Crippen LogP contribution in [0, 0.1) is 5.41 Å². The van der Waals surface area contributed by atoms with Crippen molar-refractivity contribution < 1.29 is 35.9 Å². The first kappa shape index (κ1) is 20.0. The molecule has 0 heterocycles. The van der Waals surface area contributed by atoms with Gasteiger partial charge in [-0.1, -0.05) is 6.92 Å². The highest BCUT2D eigenvalue weighted by atomic mass is 19.4. The van der Waals surface area contributed by atoms with Crippen molar-refractivity contribution in [1.29, 1.82) is 0 Å². The summed E-state index contributed by atoms with van der Waals surface area (Å²) in [6, 6.07) is 0. The summed E-state index contributed by atoms with van der Waals surface area (Å²) in [5.41, 5.74) is -2.11. The third-order valence-electron chi connectivity index (χ3n) is 3.03. The number of hydrogen-bond donors (Lipinski definition) is 0. The number of rotatable bonds is 7. The summed E-state index contributed by atoms with van der Waals surface area (Å²) in [6.07, 6.45) is -13.0. The minimum Gasteiger partial charge on any atom is -0.371 e. The minimum absolute atomic E-state index is 0.359. The average Bonchev–Trinajstić information content (AvgIpc) is 2.23. The molecule has 0 rings (SSSR count). The first-order valence-electron chi connectivity index (χ1n) is 6.22. The second kappa shape index (κ2) is 7.33. The van der Waals surface area contributed by atoms with E-state index in [0.717, 1.165) is 4.90 Å². The van der Waals surface area contributed by atoms with Crippen LogP contribution in [-0.4, -0.2) is 50.5 Å². The lowest BCUT2D eigenvalue weighted by Crippen LogP contribution is -2.38. The summed E-state index contributed by atoms with van der Waals surface area (Å²) in [6.45, 7) is -0.0822. The molecule has 21 heavy (non-hydrogen) atoms. The molecule has 0 aliphatic carbocycles. The Labute approximate surface area is 119 Å². The lowest BCUT2D eigenvalue weighted by atomic mass is 9.79. The molecule has 0 aromatic carbocycles. The topological polar surface area (TPSA) is 29.5 Å². The lowest BCUT2D eigenvalue weighted by molar-refractivity contribution is -0.206. The zero-order valence-electron chi connectivity index (χ0n) is 12.1. The van der Waals surface area contributed by atoms with Crippen LogP contribution in [0.25, 0.3) is 0 Å². The molecule has 126 valence electrons. The van der Waals surface area contributed by atoms with Crippen molar-refractivity contribution in [2.75, 3.05) is 27.3 Å². The van der Waals surface area contributed by atoms with Crippen molar-refractivity contribution in [2.45, 2.75) is 38.5 Å². The van der Waals surface area contributed by atoms with Crippen LogP contribution in [-0.2, 0) is 9.53 Å². The van der Waals surface area contributed by atoms with Crippen molar-refractivity contribution >= 4 is 5.91 Å². The molecule has 0 aromatic heterocycles. The van der Waals surface area contributed by atoms with E-state index < -0.39 is 49.7 Å². The fraction of sp³-hybridized carbons (Fsp3) is 0.917. The van der Waals surface area contributed by atoms with Crippen molar-refractivity contribution in [3.05, 3.63) is 0 Å². The maximum Gasteiger partial charge on any atom is 0.389 e. The molecule has 0 bridgehead atoms. The van der Waals surface area contributed by atoms with Crippen molar-refractivity contribution in [3.63, 3.8) is 0 Å². The Balaban J connectivity index is 4.90. The quantitative estimate of drug-likeness (QED) is 0.672. The van der Waals surface area contributed by atoms with Gasteiger partial charge in [0.25, 0.3) is 0 Å². The van der Waals surface area contributed by atoms with E-state index in [0.29, 0.717) is 0 Å². The highest BCUT2D eigenvalue weighted by Crippen LogP contribution is 2.44. The zero-order valence-corrected chi connectivity index (χ0v) is 12.1. The highest BCUT2D eigenvalue weighted by molar-refractivity contribution is 5.76. The molecule has 0 N–H and O–H groups in total. The number of hydrogen-bond acceptors (Lipinski definition) is 2. The Morgan fingerprint density at radius 3 is 1.71 bits per heavy atom. The molecule has 9 heteroatoms. The van der Waals surface area contributed by atoms with E-state index in [9.17, 15) is 31.1 Å². The number of amides is 1. The van der Waals surface area contributed by atoms with Crippen LogP contribution in [0.15, 0.2) is 0 Å². The molecule has 0 fully saturated rings. The number of ether oxygens (including phenoxy) is 1. The Hall–Kier alpha value is -0.990. The molecule has 1 amide bonds. The first-order chi connectivity index (χ1) is 9.30. The molecule has 0 atom stereocenters. The maximum atomic E-state index is 12.5. The van der Waals surface area contributed by atoms with Gasteiger partial charge in [-0.05, 0) is 6.42 Å². The van der Waals surface area contributed by atoms with Crippen LogP contribution in [0.1, 0.15) is 26.2 Å². The standard InChI is InChI=1S/C12H19F6NO2/c1-4-10(6-11(13,14)15,7-12(16,17)18)8-21-5-9(20)19(2)3/h4-8H2,1-3H3. The lowest BCUT2D eigenvalue weighted by Gasteiger charge is -2.34. The van der Waals surface area contributed by atoms with Crippen LogP contribution in [0.5, 0.6) is 0 Å². The van der Waals surface area contributed by atoms with Gasteiger partial charge in [0, 0.05) is 19.5 Å². The molecule has 3 nitrogen and oxygen atoms in total. The molecule has 0 aromatic rings. The Morgan fingerprint density at radius 2 is 1.43 bits per heavy atom. The maximum absolute atomic E-state index is 12.5. The van der Waals surface area contributed by atoms with Gasteiger partial charge >= 0.3 is 12.4 Å². The Morgan fingerprint density at radius 1 is 1.00 bits per heavy atom. The van der Waals surface area contributed by atoms with Crippen molar-refractivity contribution in [2.24, 2.45) is 5.41 Å². The molecule has 0 saturated heterocycles. The van der Waals surface area contributed by atoms with E-state index in [2.05, 4.69) is 0 Å². The molecular weight excluding hydrogens is 304 g/mol. The van der Waals surface area contributed by atoms with E-state index >= 15 is 0 Å². The fourth-order valence-corrected chi connectivity index (χ4v) is 1.85. The van der Waals surface area contributed by atoms with Gasteiger partial charge in [0.05, 0.1) is 19.4 Å². The predicted octanol–water partition coefficient (Wildman–Crippen LogP) is 3.39. The van der Waals surface area contributed by atoms with E-state index in [1.165, 1.54) is 21.0 Å². The number of nitrogens with zero attached hydrogens (tertiary/aromatic N) is 1. The summed E-state index contributed by atoms with van der Waals surface area (Å²) < 4.78 is 80.0. The van der Waals surface area contributed by atoms with E-state index in [-0.39, 0.29) is 6.42 Å². The summed E-state index contributed by atoms with van der Waals surface area (Å²) >= 11 is 0. The number of carbonyl (C=O) groups is 1. The Bertz CT molecular complexity index is 322. The molecule has 0 aliphatic rings. The normalized spacial score (nSPS) is 13.4. The van der Waals surface area contributed by atoms with Crippen LogP contribution < -0.4 is 0 Å². The number of halogens is 6. The van der Waals surface area contributed by atoms with Gasteiger partial charge in [-0.2, -0.15) is 26.3 Å². The summed E-state index contributed by atoms with van der Waals surface area (Å²) in [5.74, 6) is -0.529. The molecular formula is C12H19F6NO2. The molecule has 0 saturated carbocycles. The second-order valence-corrected chi connectivity index (χ2v) is 5.22. The SMILES string of the molecule is CCC(COCC(=O)N(C)C)(CC(F)(F)F)CC(F)(F)F. The van der Waals surface area contributed by atoms with Gasteiger partial charge in [0.1, 0.15) is 6.61 Å². The van der Waals surface area contributed by atoms with Crippen LogP contribution in [0.2, 0.25) is 0 Å². The van der Waals surface area contributed by atoms with Crippen molar-refractivity contribution in [1.82, 2.24) is 4.90 Å². The average molecular weight is 323 g/mol. The van der Waals surface area contributed by atoms with Gasteiger partial charge in [-0.25, -0.2) is 0 Å². The number of alkyl halides is 6. The van der Waals surface area contributed by atoms with Gasteiger partial charge in [-0.3, -0.25) is 4.79 Å². The van der Waals surface area contributed by atoms with E-state index in [1.807, 2.05) is 0 Å². The number of likely N-dealkylation sites (N-methyl/N-ethyl adjacent to an activating group) is 1. The van der Waals surface area contributed by atoms with Crippen LogP contribution in [0.3, 0.4) is 0 Å². The summed E-state index contributed by atoms with van der Waals surface area (Å²) in [4.78, 5) is 12.4. The molecule has 0 radical (unpaired) electrons. The third-order valence-corrected chi connectivity index (χ3v) is 3.03. The molecule has 0 spiro atoms. The highest BCUT2D eigenvalue weighted by Gasteiger charge is 2.48. The number of carbonyl (C=O) groups excluding carboxylic acids is 1. The minimum atomic E-state index is -4.74. The monoisotopic (exact) mass is 323 g/mol. The second-order valence-electron chi connectivity index (χ2n) is 5.22. The molecule has 0 unspecified atom stereocenters. The van der Waals surface area contributed by atoms with Gasteiger partial charge in [0.2, 0.25) is 5.91 Å². The summed E-state index contributed by atoms with van der Waals surface area (Å²) in [7, 11) is 2.81. The summed E-state index contributed by atoms with van der Waals surface area (Å²) in [5, 5.41) is 0. The third kappa shape index (κ3) is 8.79. The molecule has 0 aliphatic heterocycles. The Kier molecular flexibility index (Phi) is 6.98. The van der Waals surface area contributed by atoms with Crippen LogP contribution >= 0.6 is 0 Å². The van der Waals surface area contributed by atoms with Gasteiger partial charge in [0.15, 0.2) is 0 Å². The zero-order chi connectivity index (χ0) is 16.9. The van der Waals surface area contributed by atoms with E-state index in [1.54, 1.807) is 0 Å². The predicted molar refractivity (Wildman–Crippen MR) is 63.6 cm³/mol.